The second kappa shape index (κ2) is 9.83. The first-order valence-electron chi connectivity index (χ1n) is 10.8. The largest absolute Gasteiger partial charge is 0.337 e. The van der Waals surface area contributed by atoms with Gasteiger partial charge in [0.05, 0.1) is 27.6 Å². The van der Waals surface area contributed by atoms with Gasteiger partial charge in [0.15, 0.2) is 9.84 Å². The predicted octanol–water partition coefficient (Wildman–Crippen LogP) is 5.26. The highest BCUT2D eigenvalue weighted by molar-refractivity contribution is 7.91. The minimum Gasteiger partial charge on any atom is -0.337 e. The highest BCUT2D eigenvalue weighted by Gasteiger charge is 2.24. The van der Waals surface area contributed by atoms with Crippen LogP contribution in [0.5, 0.6) is 0 Å². The fraction of sp³-hybridized carbons (Fsp3) is 0.154. The van der Waals surface area contributed by atoms with Crippen LogP contribution in [0, 0.1) is 0 Å². The van der Waals surface area contributed by atoms with E-state index in [4.69, 9.17) is 16.7 Å². The molecule has 0 aliphatic heterocycles. The zero-order valence-corrected chi connectivity index (χ0v) is 20.4. The molecule has 0 aliphatic rings. The van der Waals surface area contributed by atoms with Gasteiger partial charge in [0, 0.05) is 35.9 Å². The normalized spacial score (nSPS) is 11.4. The van der Waals surface area contributed by atoms with Crippen LogP contribution in [-0.4, -0.2) is 41.8 Å². The zero-order valence-electron chi connectivity index (χ0n) is 18.8. The van der Waals surface area contributed by atoms with E-state index in [1.807, 2.05) is 48.7 Å². The van der Waals surface area contributed by atoms with Gasteiger partial charge in [-0.25, -0.2) is 13.1 Å². The molecule has 0 saturated heterocycles. The van der Waals surface area contributed by atoms with Crippen molar-refractivity contribution in [3.63, 3.8) is 0 Å². The number of hydrogen-bond donors (Lipinski definition) is 0. The van der Waals surface area contributed by atoms with E-state index in [0.29, 0.717) is 5.02 Å². The van der Waals surface area contributed by atoms with Crippen LogP contribution in [-0.2, 0) is 16.4 Å². The van der Waals surface area contributed by atoms with E-state index >= 15 is 0 Å². The van der Waals surface area contributed by atoms with E-state index in [0.717, 1.165) is 22.5 Å². The number of carbonyl (C=O) groups excluding carboxylic acids is 1. The Kier molecular flexibility index (Phi) is 6.86. The number of nitrogens with zero attached hydrogens (tertiary/aromatic N) is 3. The molecule has 3 aromatic carbocycles. The molecular formula is C26H24ClN3O3S. The Bertz CT molecular complexity index is 1420. The molecule has 1 aromatic heterocycles. The Hall–Kier alpha value is -3.42. The van der Waals surface area contributed by atoms with Crippen LogP contribution in [0.2, 0.25) is 5.02 Å². The minimum atomic E-state index is -3.54. The highest BCUT2D eigenvalue weighted by Crippen LogP contribution is 2.27. The number of rotatable bonds is 7. The molecule has 0 N–H and O–H groups in total. The second-order valence-corrected chi connectivity index (χ2v) is 10.5. The number of halogens is 1. The van der Waals surface area contributed by atoms with Crippen LogP contribution in [0.15, 0.2) is 90.0 Å². The summed E-state index contributed by atoms with van der Waals surface area (Å²) in [6.07, 6.45) is 1.89. The lowest BCUT2D eigenvalue weighted by atomic mass is 10.1. The molecule has 1 amide bonds. The highest BCUT2D eigenvalue weighted by atomic mass is 35.5. The monoisotopic (exact) mass is 493 g/mol. The van der Waals surface area contributed by atoms with Crippen molar-refractivity contribution in [2.24, 2.45) is 0 Å². The van der Waals surface area contributed by atoms with Gasteiger partial charge in [-0.2, -0.15) is 5.10 Å². The van der Waals surface area contributed by atoms with Gasteiger partial charge in [-0.3, -0.25) is 4.79 Å². The number of carbonyl (C=O) groups is 1. The number of hydrogen-bond acceptors (Lipinski definition) is 4. The minimum absolute atomic E-state index is 0.0484. The molecule has 174 valence electrons. The van der Waals surface area contributed by atoms with Gasteiger partial charge in [0.25, 0.3) is 5.91 Å². The van der Waals surface area contributed by atoms with Gasteiger partial charge in [-0.15, -0.1) is 0 Å². The van der Waals surface area contributed by atoms with Gasteiger partial charge in [0.2, 0.25) is 0 Å². The van der Waals surface area contributed by atoms with Crippen molar-refractivity contribution >= 4 is 27.3 Å². The Labute approximate surface area is 204 Å². The zero-order chi connectivity index (χ0) is 24.3. The van der Waals surface area contributed by atoms with Crippen molar-refractivity contribution in [2.75, 3.05) is 12.8 Å². The Balaban J connectivity index is 1.72. The summed E-state index contributed by atoms with van der Waals surface area (Å²) in [5.41, 5.74) is 3.45. The second-order valence-electron chi connectivity index (χ2n) is 7.85. The van der Waals surface area contributed by atoms with E-state index in [1.54, 1.807) is 49.0 Å². The first kappa shape index (κ1) is 23.7. The van der Waals surface area contributed by atoms with E-state index in [-0.39, 0.29) is 28.7 Å². The molecule has 0 bridgehead atoms. The van der Waals surface area contributed by atoms with Crippen LogP contribution in [0.1, 0.15) is 22.8 Å². The molecule has 0 atom stereocenters. The molecule has 4 aromatic rings. The predicted molar refractivity (Wildman–Crippen MR) is 134 cm³/mol. The molecule has 0 aliphatic carbocycles. The molecule has 6 nitrogen and oxygen atoms in total. The number of sulfone groups is 1. The van der Waals surface area contributed by atoms with Gasteiger partial charge in [0.1, 0.15) is 0 Å². The summed E-state index contributed by atoms with van der Waals surface area (Å²) in [6, 6.07) is 23.4. The van der Waals surface area contributed by atoms with Crippen LogP contribution in [0.25, 0.3) is 16.9 Å². The van der Waals surface area contributed by atoms with Crippen LogP contribution < -0.4 is 0 Å². The fourth-order valence-corrected chi connectivity index (χ4v) is 4.91. The van der Waals surface area contributed by atoms with E-state index in [2.05, 4.69) is 0 Å². The summed E-state index contributed by atoms with van der Waals surface area (Å²) in [6.45, 7) is 1.81. The van der Waals surface area contributed by atoms with Crippen LogP contribution >= 0.6 is 11.6 Å². The molecule has 0 radical (unpaired) electrons. The molecule has 34 heavy (non-hydrogen) atoms. The van der Waals surface area contributed by atoms with Crippen LogP contribution in [0.4, 0.5) is 0 Å². The third-order valence-electron chi connectivity index (χ3n) is 5.52. The van der Waals surface area contributed by atoms with E-state index in [1.165, 1.54) is 11.0 Å². The van der Waals surface area contributed by atoms with E-state index in [9.17, 15) is 13.2 Å². The third-order valence-corrected chi connectivity index (χ3v) is 7.55. The van der Waals surface area contributed by atoms with Crippen molar-refractivity contribution < 1.29 is 13.2 Å². The lowest BCUT2D eigenvalue weighted by Crippen LogP contribution is -2.28. The van der Waals surface area contributed by atoms with Crippen molar-refractivity contribution in [3.05, 3.63) is 101 Å². The Morgan fingerprint density at radius 1 is 0.971 bits per heavy atom. The summed E-state index contributed by atoms with van der Waals surface area (Å²) in [7, 11) is -1.89. The van der Waals surface area contributed by atoms with Crippen LogP contribution in [0.3, 0.4) is 0 Å². The van der Waals surface area contributed by atoms with Gasteiger partial charge in [-0.05, 0) is 36.4 Å². The first-order valence-corrected chi connectivity index (χ1v) is 12.8. The quantitative estimate of drug-likeness (QED) is 0.352. The number of para-hydroxylation sites is 1. The first-order chi connectivity index (χ1) is 16.3. The smallest absolute Gasteiger partial charge is 0.255 e. The van der Waals surface area contributed by atoms with Gasteiger partial charge < -0.3 is 4.90 Å². The number of benzene rings is 3. The molecule has 0 fully saturated rings. The fourth-order valence-electron chi connectivity index (χ4n) is 3.69. The maximum absolute atomic E-state index is 13.3. The average molecular weight is 494 g/mol. The molecule has 0 spiro atoms. The summed E-state index contributed by atoms with van der Waals surface area (Å²) in [5.74, 6) is -0.451. The van der Waals surface area contributed by atoms with Crippen molar-refractivity contribution in [1.82, 2.24) is 14.7 Å². The summed E-state index contributed by atoms with van der Waals surface area (Å²) >= 11 is 6.07. The maximum atomic E-state index is 13.3. The van der Waals surface area contributed by atoms with Gasteiger partial charge >= 0.3 is 0 Å². The Morgan fingerprint density at radius 3 is 2.29 bits per heavy atom. The van der Waals surface area contributed by atoms with E-state index < -0.39 is 9.84 Å². The molecule has 0 saturated carbocycles. The maximum Gasteiger partial charge on any atom is 0.255 e. The molecule has 4 rings (SSSR count). The lowest BCUT2D eigenvalue weighted by molar-refractivity contribution is 0.0781. The van der Waals surface area contributed by atoms with Crippen molar-refractivity contribution in [2.45, 2.75) is 18.4 Å². The SMILES string of the molecule is CCS(=O)(=O)c1ccccc1C(=O)N(C)Cc1cn(-c2ccccc2)nc1-c1ccc(Cl)cc1. The molecule has 1 heterocycles. The average Bonchev–Trinajstić information content (AvgIpc) is 3.28. The van der Waals surface area contributed by atoms with Crippen molar-refractivity contribution in [1.29, 1.82) is 0 Å². The number of amides is 1. The standard InChI is InChI=1S/C26H24ClN3O3S/c1-3-34(32,33)24-12-8-7-11-23(24)26(31)29(2)17-20-18-30(22-9-5-4-6-10-22)28-25(20)19-13-15-21(27)16-14-19/h4-16,18H,3,17H2,1-2H3. The molecule has 8 heteroatoms. The third kappa shape index (κ3) is 4.90. The topological polar surface area (TPSA) is 72.3 Å². The summed E-state index contributed by atoms with van der Waals surface area (Å²) < 4.78 is 26.8. The number of aromatic nitrogens is 2. The summed E-state index contributed by atoms with van der Waals surface area (Å²) in [5, 5.41) is 5.39. The van der Waals surface area contributed by atoms with Gasteiger partial charge in [-0.1, -0.05) is 61.0 Å². The van der Waals surface area contributed by atoms with Crippen molar-refractivity contribution in [3.8, 4) is 16.9 Å². The Morgan fingerprint density at radius 2 is 1.62 bits per heavy atom. The molecule has 0 unspecified atom stereocenters. The lowest BCUT2D eigenvalue weighted by Gasteiger charge is -2.19. The summed E-state index contributed by atoms with van der Waals surface area (Å²) in [4.78, 5) is 14.9. The molecular weight excluding hydrogens is 470 g/mol.